The fourth-order valence-electron chi connectivity index (χ4n) is 1.47. The Bertz CT molecular complexity index is 434. The van der Waals surface area contributed by atoms with Crippen LogP contribution >= 0.6 is 0 Å². The summed E-state index contributed by atoms with van der Waals surface area (Å²) in [5, 5.41) is 8.26. The maximum Gasteiger partial charge on any atom is 0.163 e. The summed E-state index contributed by atoms with van der Waals surface area (Å²) >= 11 is 0. The van der Waals surface area contributed by atoms with E-state index >= 15 is 0 Å². The zero-order valence-electron chi connectivity index (χ0n) is 8.36. The van der Waals surface area contributed by atoms with Crippen LogP contribution in [0.5, 0.6) is 0 Å². The SMILES string of the molecule is CCCn1ncc2c(NC)ncnc21. The van der Waals surface area contributed by atoms with Gasteiger partial charge in [-0.1, -0.05) is 6.92 Å². The minimum Gasteiger partial charge on any atom is -0.372 e. The van der Waals surface area contributed by atoms with E-state index in [-0.39, 0.29) is 0 Å². The van der Waals surface area contributed by atoms with E-state index in [0.717, 1.165) is 29.8 Å². The first-order valence-corrected chi connectivity index (χ1v) is 4.71. The molecule has 0 aromatic carbocycles. The Morgan fingerprint density at radius 2 is 2.29 bits per heavy atom. The van der Waals surface area contributed by atoms with Gasteiger partial charge in [0, 0.05) is 13.6 Å². The molecule has 0 amide bonds. The lowest BCUT2D eigenvalue weighted by Gasteiger charge is -2.01. The van der Waals surface area contributed by atoms with Crippen LogP contribution in [0.25, 0.3) is 11.0 Å². The average molecular weight is 191 g/mol. The van der Waals surface area contributed by atoms with Crippen molar-refractivity contribution in [2.75, 3.05) is 12.4 Å². The lowest BCUT2D eigenvalue weighted by molar-refractivity contribution is 0.617. The van der Waals surface area contributed by atoms with E-state index in [2.05, 4.69) is 27.3 Å². The second kappa shape index (κ2) is 3.61. The standard InChI is InChI=1S/C9H13N5/c1-3-4-14-9-7(5-13-14)8(10-2)11-6-12-9/h5-6H,3-4H2,1-2H3,(H,10,11,12). The van der Waals surface area contributed by atoms with Crippen LogP contribution in [-0.4, -0.2) is 26.8 Å². The molecule has 0 aliphatic carbocycles. The Hall–Kier alpha value is -1.65. The van der Waals surface area contributed by atoms with Crippen molar-refractivity contribution < 1.29 is 0 Å². The van der Waals surface area contributed by atoms with Gasteiger partial charge in [0.05, 0.1) is 11.6 Å². The highest BCUT2D eigenvalue weighted by molar-refractivity contribution is 5.85. The third kappa shape index (κ3) is 1.30. The minimum absolute atomic E-state index is 0.831. The predicted octanol–water partition coefficient (Wildman–Crippen LogP) is 1.28. The van der Waals surface area contributed by atoms with Gasteiger partial charge in [0.2, 0.25) is 0 Å². The van der Waals surface area contributed by atoms with E-state index in [1.807, 2.05) is 11.7 Å². The summed E-state index contributed by atoms with van der Waals surface area (Å²) in [6.07, 6.45) is 4.41. The second-order valence-corrected chi connectivity index (χ2v) is 3.08. The topological polar surface area (TPSA) is 55.6 Å². The summed E-state index contributed by atoms with van der Waals surface area (Å²) in [5.41, 5.74) is 0.895. The van der Waals surface area contributed by atoms with Crippen molar-refractivity contribution in [2.45, 2.75) is 19.9 Å². The molecule has 5 nitrogen and oxygen atoms in total. The van der Waals surface area contributed by atoms with Gasteiger partial charge in [-0.15, -0.1) is 0 Å². The van der Waals surface area contributed by atoms with E-state index in [4.69, 9.17) is 0 Å². The highest BCUT2D eigenvalue weighted by Crippen LogP contribution is 2.17. The van der Waals surface area contributed by atoms with E-state index in [0.29, 0.717) is 0 Å². The number of nitrogens with zero attached hydrogens (tertiary/aromatic N) is 4. The van der Waals surface area contributed by atoms with Crippen LogP contribution in [-0.2, 0) is 6.54 Å². The number of aryl methyl sites for hydroxylation is 1. The molecule has 5 heteroatoms. The molecule has 0 fully saturated rings. The Morgan fingerprint density at radius 1 is 1.43 bits per heavy atom. The number of nitrogens with one attached hydrogen (secondary N) is 1. The Labute approximate surface area is 82.2 Å². The normalized spacial score (nSPS) is 10.7. The molecule has 2 aromatic rings. The van der Waals surface area contributed by atoms with Gasteiger partial charge in [-0.2, -0.15) is 5.10 Å². The number of fused-ring (bicyclic) bond motifs is 1. The summed E-state index contributed by atoms with van der Waals surface area (Å²) in [6, 6.07) is 0. The molecule has 0 aliphatic heterocycles. The lowest BCUT2D eigenvalue weighted by Crippen LogP contribution is -2.00. The molecule has 2 heterocycles. The average Bonchev–Trinajstić information content (AvgIpc) is 2.62. The van der Waals surface area contributed by atoms with Crippen molar-refractivity contribution >= 4 is 16.9 Å². The van der Waals surface area contributed by atoms with Crippen molar-refractivity contribution in [2.24, 2.45) is 0 Å². The van der Waals surface area contributed by atoms with Crippen LogP contribution in [0.1, 0.15) is 13.3 Å². The van der Waals surface area contributed by atoms with Crippen LogP contribution in [0.3, 0.4) is 0 Å². The van der Waals surface area contributed by atoms with Gasteiger partial charge < -0.3 is 5.32 Å². The fraction of sp³-hybridized carbons (Fsp3) is 0.444. The van der Waals surface area contributed by atoms with Crippen molar-refractivity contribution in [3.05, 3.63) is 12.5 Å². The first-order chi connectivity index (χ1) is 6.86. The molecule has 0 unspecified atom stereocenters. The molecule has 74 valence electrons. The number of anilines is 1. The number of hydrogen-bond donors (Lipinski definition) is 1. The minimum atomic E-state index is 0.831. The number of hydrogen-bond acceptors (Lipinski definition) is 4. The highest BCUT2D eigenvalue weighted by Gasteiger charge is 2.07. The van der Waals surface area contributed by atoms with Crippen molar-refractivity contribution in [3.63, 3.8) is 0 Å². The molecule has 1 N–H and O–H groups in total. The van der Waals surface area contributed by atoms with Crippen molar-refractivity contribution in [3.8, 4) is 0 Å². The first kappa shape index (κ1) is 8.93. The zero-order chi connectivity index (χ0) is 9.97. The monoisotopic (exact) mass is 191 g/mol. The molecule has 0 radical (unpaired) electrons. The predicted molar refractivity (Wildman–Crippen MR) is 55.2 cm³/mol. The molecule has 2 rings (SSSR count). The quantitative estimate of drug-likeness (QED) is 0.794. The van der Waals surface area contributed by atoms with Gasteiger partial charge in [-0.3, -0.25) is 0 Å². The molecule has 2 aromatic heterocycles. The summed E-state index contributed by atoms with van der Waals surface area (Å²) in [6.45, 7) is 3.01. The van der Waals surface area contributed by atoms with Gasteiger partial charge >= 0.3 is 0 Å². The van der Waals surface area contributed by atoms with E-state index < -0.39 is 0 Å². The smallest absolute Gasteiger partial charge is 0.163 e. The molecule has 14 heavy (non-hydrogen) atoms. The van der Waals surface area contributed by atoms with Crippen LogP contribution < -0.4 is 5.32 Å². The summed E-state index contributed by atoms with van der Waals surface area (Å²) in [7, 11) is 1.85. The van der Waals surface area contributed by atoms with Crippen molar-refractivity contribution in [1.29, 1.82) is 0 Å². The van der Waals surface area contributed by atoms with E-state index in [9.17, 15) is 0 Å². The van der Waals surface area contributed by atoms with Crippen LogP contribution in [0.2, 0.25) is 0 Å². The third-order valence-electron chi connectivity index (χ3n) is 2.11. The molecule has 0 spiro atoms. The van der Waals surface area contributed by atoms with Crippen molar-refractivity contribution in [1.82, 2.24) is 19.7 Å². The molecule has 0 atom stereocenters. The number of aromatic nitrogens is 4. The van der Waals surface area contributed by atoms with Gasteiger partial charge in [0.25, 0.3) is 0 Å². The lowest BCUT2D eigenvalue weighted by atomic mass is 10.4. The summed E-state index contributed by atoms with van der Waals surface area (Å²) in [5.74, 6) is 0.831. The fourth-order valence-corrected chi connectivity index (χ4v) is 1.47. The largest absolute Gasteiger partial charge is 0.372 e. The first-order valence-electron chi connectivity index (χ1n) is 4.71. The summed E-state index contributed by atoms with van der Waals surface area (Å²) in [4.78, 5) is 8.34. The maximum absolute atomic E-state index is 4.27. The van der Waals surface area contributed by atoms with Gasteiger partial charge in [-0.25, -0.2) is 14.6 Å². The molecule has 0 saturated heterocycles. The van der Waals surface area contributed by atoms with Crippen LogP contribution in [0, 0.1) is 0 Å². The van der Waals surface area contributed by atoms with Gasteiger partial charge in [0.1, 0.15) is 12.1 Å². The molecular formula is C9H13N5. The Balaban J connectivity index is 2.57. The molecule has 0 saturated carbocycles. The van der Waals surface area contributed by atoms with Crippen LogP contribution in [0.4, 0.5) is 5.82 Å². The summed E-state index contributed by atoms with van der Waals surface area (Å²) < 4.78 is 1.90. The van der Waals surface area contributed by atoms with Gasteiger partial charge in [-0.05, 0) is 6.42 Å². The Morgan fingerprint density at radius 3 is 3.00 bits per heavy atom. The zero-order valence-corrected chi connectivity index (χ0v) is 8.36. The third-order valence-corrected chi connectivity index (χ3v) is 2.11. The molecule has 0 bridgehead atoms. The molecule has 0 aliphatic rings. The molecular weight excluding hydrogens is 178 g/mol. The Kier molecular flexibility index (Phi) is 2.30. The van der Waals surface area contributed by atoms with Gasteiger partial charge in [0.15, 0.2) is 5.65 Å². The number of rotatable bonds is 3. The van der Waals surface area contributed by atoms with Crippen LogP contribution in [0.15, 0.2) is 12.5 Å². The highest BCUT2D eigenvalue weighted by atomic mass is 15.3. The second-order valence-electron chi connectivity index (χ2n) is 3.08. The van der Waals surface area contributed by atoms with E-state index in [1.54, 1.807) is 12.5 Å². The van der Waals surface area contributed by atoms with E-state index in [1.165, 1.54) is 0 Å². The maximum atomic E-state index is 4.27.